The zero-order chi connectivity index (χ0) is 16.0. The normalized spacial score (nSPS) is 16.7. The number of amides is 1. The second-order valence-electron chi connectivity index (χ2n) is 5.25. The topological polar surface area (TPSA) is 68.0 Å². The van der Waals surface area contributed by atoms with Gasteiger partial charge in [-0.2, -0.15) is 10.2 Å². The SMILES string of the molecule is Cc1nn(C)cc1/C=C1/NC(=S)N(c2cn(C)nc2C)C1=O. The summed E-state index contributed by atoms with van der Waals surface area (Å²) in [6.45, 7) is 3.74. The molecule has 0 radical (unpaired) electrons. The molecule has 0 aliphatic carbocycles. The van der Waals surface area contributed by atoms with E-state index in [0.29, 0.717) is 16.5 Å². The average molecular weight is 316 g/mol. The Kier molecular flexibility index (Phi) is 3.32. The van der Waals surface area contributed by atoms with Gasteiger partial charge < -0.3 is 5.32 Å². The fraction of sp³-hybridized carbons (Fsp3) is 0.286. The molecule has 0 spiro atoms. The molecule has 0 atom stereocenters. The highest BCUT2D eigenvalue weighted by molar-refractivity contribution is 7.80. The maximum atomic E-state index is 12.6. The standard InChI is InChI=1S/C14H16N6OS/c1-8-10(6-18(3)16-8)5-11-13(21)20(14(22)15-11)12-7-19(4)17-9(12)2/h5-7H,1-4H3,(H,15,22)/b11-5+. The Morgan fingerprint density at radius 2 is 1.77 bits per heavy atom. The summed E-state index contributed by atoms with van der Waals surface area (Å²) < 4.78 is 3.37. The molecule has 1 aliphatic heterocycles. The molecule has 0 unspecified atom stereocenters. The Labute approximate surface area is 133 Å². The minimum absolute atomic E-state index is 0.190. The number of aromatic nitrogens is 4. The van der Waals surface area contributed by atoms with E-state index in [9.17, 15) is 4.79 Å². The molecule has 3 heterocycles. The first-order valence-corrected chi connectivity index (χ1v) is 7.15. The van der Waals surface area contributed by atoms with Crippen molar-refractivity contribution in [3.05, 3.63) is 35.0 Å². The molecule has 1 amide bonds. The quantitative estimate of drug-likeness (QED) is 0.662. The molecule has 0 bridgehead atoms. The number of hydrogen-bond acceptors (Lipinski definition) is 4. The number of rotatable bonds is 2. The molecule has 0 saturated carbocycles. The predicted octanol–water partition coefficient (Wildman–Crippen LogP) is 1.03. The molecule has 3 rings (SSSR count). The van der Waals surface area contributed by atoms with E-state index in [0.717, 1.165) is 17.0 Å². The van der Waals surface area contributed by atoms with E-state index in [-0.39, 0.29) is 5.91 Å². The van der Waals surface area contributed by atoms with E-state index < -0.39 is 0 Å². The smallest absolute Gasteiger partial charge is 0.281 e. The highest BCUT2D eigenvalue weighted by Gasteiger charge is 2.34. The van der Waals surface area contributed by atoms with Crippen LogP contribution < -0.4 is 10.2 Å². The predicted molar refractivity (Wildman–Crippen MR) is 87.1 cm³/mol. The van der Waals surface area contributed by atoms with Crippen LogP contribution in [0.5, 0.6) is 0 Å². The first-order valence-electron chi connectivity index (χ1n) is 6.74. The highest BCUT2D eigenvalue weighted by atomic mass is 32.1. The fourth-order valence-corrected chi connectivity index (χ4v) is 2.77. The summed E-state index contributed by atoms with van der Waals surface area (Å²) in [4.78, 5) is 14.1. The summed E-state index contributed by atoms with van der Waals surface area (Å²) in [5.41, 5.74) is 3.61. The lowest BCUT2D eigenvalue weighted by atomic mass is 10.2. The minimum atomic E-state index is -0.190. The molecular weight excluding hydrogens is 300 g/mol. The van der Waals surface area contributed by atoms with Crippen molar-refractivity contribution in [2.75, 3.05) is 4.90 Å². The molecule has 1 N–H and O–H groups in total. The molecular formula is C14H16N6OS. The first-order chi connectivity index (χ1) is 10.4. The van der Waals surface area contributed by atoms with Crippen LogP contribution in [-0.2, 0) is 18.9 Å². The Balaban J connectivity index is 1.98. The summed E-state index contributed by atoms with van der Waals surface area (Å²) >= 11 is 5.30. The van der Waals surface area contributed by atoms with Crippen molar-refractivity contribution in [2.24, 2.45) is 14.1 Å². The van der Waals surface area contributed by atoms with E-state index in [1.165, 1.54) is 4.90 Å². The third kappa shape index (κ3) is 2.31. The maximum absolute atomic E-state index is 12.6. The van der Waals surface area contributed by atoms with Crippen molar-refractivity contribution in [1.29, 1.82) is 0 Å². The van der Waals surface area contributed by atoms with Crippen LogP contribution in [-0.4, -0.2) is 30.6 Å². The second kappa shape index (κ2) is 5.06. The van der Waals surface area contributed by atoms with Crippen LogP contribution in [0.1, 0.15) is 17.0 Å². The largest absolute Gasteiger partial charge is 0.327 e. The van der Waals surface area contributed by atoms with E-state index >= 15 is 0 Å². The molecule has 1 fully saturated rings. The third-order valence-electron chi connectivity index (χ3n) is 3.46. The second-order valence-corrected chi connectivity index (χ2v) is 5.63. The van der Waals surface area contributed by atoms with Gasteiger partial charge in [0.05, 0.1) is 17.1 Å². The Morgan fingerprint density at radius 1 is 1.14 bits per heavy atom. The highest BCUT2D eigenvalue weighted by Crippen LogP contribution is 2.25. The molecule has 0 aromatic carbocycles. The monoisotopic (exact) mass is 316 g/mol. The molecule has 1 saturated heterocycles. The van der Waals surface area contributed by atoms with Gasteiger partial charge in [0.25, 0.3) is 5.91 Å². The molecule has 2 aromatic rings. The van der Waals surface area contributed by atoms with Gasteiger partial charge in [-0.05, 0) is 32.1 Å². The van der Waals surface area contributed by atoms with Gasteiger partial charge in [-0.3, -0.25) is 14.2 Å². The Morgan fingerprint density at radius 3 is 2.32 bits per heavy atom. The van der Waals surface area contributed by atoms with Gasteiger partial charge in [0, 0.05) is 32.1 Å². The maximum Gasteiger partial charge on any atom is 0.281 e. The van der Waals surface area contributed by atoms with Gasteiger partial charge in [0.2, 0.25) is 0 Å². The number of hydrogen-bond donors (Lipinski definition) is 1. The van der Waals surface area contributed by atoms with Crippen molar-refractivity contribution < 1.29 is 4.79 Å². The van der Waals surface area contributed by atoms with Crippen molar-refractivity contribution in [1.82, 2.24) is 24.9 Å². The first kappa shape index (κ1) is 14.5. The Hall–Kier alpha value is -2.48. The van der Waals surface area contributed by atoms with E-state index in [1.54, 1.807) is 21.6 Å². The summed E-state index contributed by atoms with van der Waals surface area (Å²) in [5, 5.41) is 11.8. The Bertz CT molecular complexity index is 815. The van der Waals surface area contributed by atoms with E-state index in [4.69, 9.17) is 12.2 Å². The lowest BCUT2D eigenvalue weighted by Gasteiger charge is -2.11. The summed E-state index contributed by atoms with van der Waals surface area (Å²) in [6, 6.07) is 0. The third-order valence-corrected chi connectivity index (χ3v) is 3.74. The van der Waals surface area contributed by atoms with Crippen LogP contribution in [0.15, 0.2) is 18.1 Å². The molecule has 1 aliphatic rings. The lowest BCUT2D eigenvalue weighted by molar-refractivity contribution is -0.113. The van der Waals surface area contributed by atoms with Gasteiger partial charge in [-0.25, -0.2) is 4.90 Å². The van der Waals surface area contributed by atoms with Crippen molar-refractivity contribution in [3.8, 4) is 0 Å². The van der Waals surface area contributed by atoms with Gasteiger partial charge in [-0.15, -0.1) is 0 Å². The molecule has 8 heteroatoms. The number of anilines is 1. The average Bonchev–Trinajstić information content (AvgIpc) is 2.99. The van der Waals surface area contributed by atoms with E-state index in [1.807, 2.05) is 34.1 Å². The van der Waals surface area contributed by atoms with Crippen molar-refractivity contribution in [3.63, 3.8) is 0 Å². The number of aryl methyl sites for hydroxylation is 4. The van der Waals surface area contributed by atoms with Crippen LogP contribution in [0.3, 0.4) is 0 Å². The van der Waals surface area contributed by atoms with Crippen LogP contribution in [0.25, 0.3) is 6.08 Å². The molecule has 7 nitrogen and oxygen atoms in total. The van der Waals surface area contributed by atoms with Crippen LogP contribution in [0, 0.1) is 13.8 Å². The van der Waals surface area contributed by atoms with Crippen LogP contribution >= 0.6 is 12.2 Å². The van der Waals surface area contributed by atoms with Gasteiger partial charge in [0.15, 0.2) is 5.11 Å². The number of nitrogens with one attached hydrogen (secondary N) is 1. The summed E-state index contributed by atoms with van der Waals surface area (Å²) in [7, 11) is 3.65. The number of carbonyl (C=O) groups excluding carboxylic acids is 1. The number of carbonyl (C=O) groups is 1. The summed E-state index contributed by atoms with van der Waals surface area (Å²) in [5.74, 6) is -0.190. The summed E-state index contributed by atoms with van der Waals surface area (Å²) in [6.07, 6.45) is 5.40. The molecule has 2 aromatic heterocycles. The molecule has 22 heavy (non-hydrogen) atoms. The lowest BCUT2D eigenvalue weighted by Crippen LogP contribution is -2.30. The minimum Gasteiger partial charge on any atom is -0.327 e. The van der Waals surface area contributed by atoms with Crippen LogP contribution in [0.4, 0.5) is 5.69 Å². The van der Waals surface area contributed by atoms with Crippen molar-refractivity contribution >= 4 is 35.0 Å². The number of thiocarbonyl (C=S) groups is 1. The van der Waals surface area contributed by atoms with Gasteiger partial charge in [-0.1, -0.05) is 0 Å². The fourth-order valence-electron chi connectivity index (χ4n) is 2.48. The van der Waals surface area contributed by atoms with Gasteiger partial charge >= 0.3 is 0 Å². The van der Waals surface area contributed by atoms with Gasteiger partial charge in [0.1, 0.15) is 5.70 Å². The van der Waals surface area contributed by atoms with E-state index in [2.05, 4.69) is 15.5 Å². The number of nitrogens with zero attached hydrogens (tertiary/aromatic N) is 5. The zero-order valence-electron chi connectivity index (χ0n) is 12.8. The molecule has 114 valence electrons. The van der Waals surface area contributed by atoms with Crippen molar-refractivity contribution in [2.45, 2.75) is 13.8 Å². The van der Waals surface area contributed by atoms with Crippen LogP contribution in [0.2, 0.25) is 0 Å². The zero-order valence-corrected chi connectivity index (χ0v) is 13.6.